The number of rotatable bonds is 3. The number of ether oxygens (including phenoxy) is 2. The van der Waals surface area contributed by atoms with Crippen molar-refractivity contribution in [2.45, 2.75) is 70.1 Å². The Morgan fingerprint density at radius 1 is 0.926 bits per heavy atom. The molecule has 4 fully saturated rings. The summed E-state index contributed by atoms with van der Waals surface area (Å²) in [6.45, 7) is 6.48. The van der Waals surface area contributed by atoms with Crippen LogP contribution in [0.25, 0.3) is 0 Å². The van der Waals surface area contributed by atoms with Crippen LogP contribution in [0.15, 0.2) is 0 Å². The van der Waals surface area contributed by atoms with E-state index >= 15 is 0 Å². The zero-order valence-electron chi connectivity index (χ0n) is 16.5. The molecule has 3 heterocycles. The third-order valence-corrected chi connectivity index (χ3v) is 6.75. The highest BCUT2D eigenvalue weighted by Crippen LogP contribution is 2.38. The third-order valence-electron chi connectivity index (χ3n) is 6.75. The first-order valence-corrected chi connectivity index (χ1v) is 10.8. The van der Waals surface area contributed by atoms with E-state index in [1.54, 1.807) is 0 Å². The van der Waals surface area contributed by atoms with Crippen molar-refractivity contribution in [1.29, 1.82) is 0 Å². The molecule has 3 atom stereocenters. The lowest BCUT2D eigenvalue weighted by Gasteiger charge is -2.51. The van der Waals surface area contributed by atoms with E-state index in [-0.39, 0.29) is 18.3 Å². The van der Waals surface area contributed by atoms with Gasteiger partial charge >= 0.3 is 12.2 Å². The summed E-state index contributed by atoms with van der Waals surface area (Å²) in [6.07, 6.45) is 7.55. The number of carbonyl (C=O) groups excluding carboxylic acids is 2. The van der Waals surface area contributed by atoms with E-state index in [0.717, 1.165) is 64.8 Å². The Morgan fingerprint density at radius 2 is 1.67 bits per heavy atom. The van der Waals surface area contributed by atoms with Crippen LogP contribution in [0.4, 0.5) is 9.59 Å². The zero-order valence-corrected chi connectivity index (χ0v) is 16.5. The van der Waals surface area contributed by atoms with Gasteiger partial charge in [0.05, 0.1) is 6.61 Å². The molecule has 152 valence electrons. The summed E-state index contributed by atoms with van der Waals surface area (Å²) < 4.78 is 10.9. The van der Waals surface area contributed by atoms with Crippen LogP contribution >= 0.6 is 0 Å². The summed E-state index contributed by atoms with van der Waals surface area (Å²) in [5.41, 5.74) is 0. The molecule has 2 amide bonds. The van der Waals surface area contributed by atoms with Crippen LogP contribution in [-0.2, 0) is 9.47 Å². The van der Waals surface area contributed by atoms with Crippen molar-refractivity contribution in [2.24, 2.45) is 5.92 Å². The van der Waals surface area contributed by atoms with Gasteiger partial charge < -0.3 is 19.3 Å². The van der Waals surface area contributed by atoms with Gasteiger partial charge in [0.2, 0.25) is 0 Å². The van der Waals surface area contributed by atoms with E-state index in [0.29, 0.717) is 24.6 Å². The molecular weight excluding hydrogens is 346 g/mol. The maximum atomic E-state index is 12.3. The second-order valence-electron chi connectivity index (χ2n) is 8.57. The SMILES string of the molecule is CCOC(=O)N1CCC2CC(N3CC(OC(=O)N4CCCCC4)C3)CC1C2. The largest absolute Gasteiger partial charge is 0.450 e. The topological polar surface area (TPSA) is 62.3 Å². The molecule has 27 heavy (non-hydrogen) atoms. The number of amides is 2. The van der Waals surface area contributed by atoms with Crippen LogP contribution in [0, 0.1) is 5.92 Å². The van der Waals surface area contributed by atoms with Crippen molar-refractivity contribution in [3.05, 3.63) is 0 Å². The van der Waals surface area contributed by atoms with Crippen molar-refractivity contribution >= 4 is 12.2 Å². The molecule has 0 aromatic heterocycles. The van der Waals surface area contributed by atoms with Crippen molar-refractivity contribution in [2.75, 3.05) is 39.3 Å². The number of likely N-dealkylation sites (tertiary alicyclic amines) is 3. The predicted molar refractivity (Wildman–Crippen MR) is 101 cm³/mol. The fraction of sp³-hybridized carbons (Fsp3) is 0.900. The van der Waals surface area contributed by atoms with Crippen LogP contribution < -0.4 is 0 Å². The molecule has 0 radical (unpaired) electrons. The summed E-state index contributed by atoms with van der Waals surface area (Å²) in [5.74, 6) is 0.703. The van der Waals surface area contributed by atoms with E-state index in [9.17, 15) is 9.59 Å². The maximum Gasteiger partial charge on any atom is 0.410 e. The van der Waals surface area contributed by atoms with Gasteiger partial charge in [-0.1, -0.05) is 0 Å². The average molecular weight is 380 g/mol. The smallest absolute Gasteiger partial charge is 0.410 e. The predicted octanol–water partition coefficient (Wildman–Crippen LogP) is 2.69. The number of carbonyl (C=O) groups is 2. The fourth-order valence-electron chi connectivity index (χ4n) is 5.25. The molecule has 1 saturated carbocycles. The molecule has 0 aromatic carbocycles. The van der Waals surface area contributed by atoms with E-state index < -0.39 is 0 Å². The Labute approximate surface area is 161 Å². The molecule has 0 aromatic rings. The standard InChI is InChI=1S/C20H33N3O4/c1-2-26-20(25)23-9-6-15-10-16(12-17(23)11-15)22-13-18(14-22)27-19(24)21-7-4-3-5-8-21/h15-18H,2-14H2,1H3. The van der Waals surface area contributed by atoms with E-state index in [1.165, 1.54) is 12.8 Å². The lowest BCUT2D eigenvalue weighted by Crippen LogP contribution is -2.61. The highest BCUT2D eigenvalue weighted by Gasteiger charge is 2.44. The number of hydrogen-bond donors (Lipinski definition) is 0. The summed E-state index contributed by atoms with van der Waals surface area (Å²) in [6, 6.07) is 0.799. The Morgan fingerprint density at radius 3 is 2.41 bits per heavy atom. The molecule has 7 nitrogen and oxygen atoms in total. The van der Waals surface area contributed by atoms with Crippen LogP contribution in [0.5, 0.6) is 0 Å². The maximum absolute atomic E-state index is 12.3. The minimum absolute atomic E-state index is 0.0300. The average Bonchev–Trinajstić information content (AvgIpc) is 2.65. The van der Waals surface area contributed by atoms with Gasteiger partial charge in [0, 0.05) is 44.8 Å². The van der Waals surface area contributed by atoms with Crippen LogP contribution in [0.1, 0.15) is 51.9 Å². The molecule has 2 bridgehead atoms. The summed E-state index contributed by atoms with van der Waals surface area (Å²) in [4.78, 5) is 30.7. The van der Waals surface area contributed by atoms with Crippen LogP contribution in [0.3, 0.4) is 0 Å². The summed E-state index contributed by atoms with van der Waals surface area (Å²) in [5, 5.41) is 0. The molecule has 3 aliphatic heterocycles. The lowest BCUT2D eigenvalue weighted by atomic mass is 9.76. The highest BCUT2D eigenvalue weighted by atomic mass is 16.6. The minimum Gasteiger partial charge on any atom is -0.450 e. The van der Waals surface area contributed by atoms with Gasteiger partial charge in [-0.15, -0.1) is 0 Å². The molecule has 3 saturated heterocycles. The van der Waals surface area contributed by atoms with Crippen molar-refractivity contribution in [3.8, 4) is 0 Å². The molecule has 1 aliphatic carbocycles. The summed E-state index contributed by atoms with van der Waals surface area (Å²) >= 11 is 0. The zero-order chi connectivity index (χ0) is 18.8. The summed E-state index contributed by atoms with van der Waals surface area (Å²) in [7, 11) is 0. The molecular formula is C20H33N3O4. The number of nitrogens with zero attached hydrogens (tertiary/aromatic N) is 3. The van der Waals surface area contributed by atoms with E-state index in [2.05, 4.69) is 4.90 Å². The normalized spacial score (nSPS) is 32.0. The Kier molecular flexibility index (Phi) is 5.76. The van der Waals surface area contributed by atoms with Crippen molar-refractivity contribution < 1.29 is 19.1 Å². The van der Waals surface area contributed by atoms with Gasteiger partial charge in [-0.25, -0.2) is 9.59 Å². The minimum atomic E-state index is -0.154. The number of piperidine rings is 2. The van der Waals surface area contributed by atoms with Gasteiger partial charge in [0.1, 0.15) is 6.10 Å². The molecule has 7 heteroatoms. The molecule has 0 spiro atoms. The monoisotopic (exact) mass is 379 g/mol. The van der Waals surface area contributed by atoms with Gasteiger partial charge in [0.25, 0.3) is 0 Å². The van der Waals surface area contributed by atoms with Crippen molar-refractivity contribution in [1.82, 2.24) is 14.7 Å². The number of fused-ring (bicyclic) bond motifs is 2. The number of hydrogen-bond acceptors (Lipinski definition) is 5. The lowest BCUT2D eigenvalue weighted by molar-refractivity contribution is -0.0707. The highest BCUT2D eigenvalue weighted by molar-refractivity contribution is 5.68. The van der Waals surface area contributed by atoms with Gasteiger partial charge in [-0.05, 0) is 57.8 Å². The quantitative estimate of drug-likeness (QED) is 0.754. The van der Waals surface area contributed by atoms with Gasteiger partial charge in [-0.2, -0.15) is 0 Å². The van der Waals surface area contributed by atoms with Crippen LogP contribution in [0.2, 0.25) is 0 Å². The van der Waals surface area contributed by atoms with Crippen LogP contribution in [-0.4, -0.2) is 84.4 Å². The van der Waals surface area contributed by atoms with Gasteiger partial charge in [0.15, 0.2) is 0 Å². The van der Waals surface area contributed by atoms with Gasteiger partial charge in [-0.3, -0.25) is 4.90 Å². The van der Waals surface area contributed by atoms with E-state index in [4.69, 9.17) is 9.47 Å². The van der Waals surface area contributed by atoms with Crippen molar-refractivity contribution in [3.63, 3.8) is 0 Å². The Hall–Kier alpha value is -1.50. The van der Waals surface area contributed by atoms with E-state index in [1.807, 2.05) is 16.7 Å². The molecule has 4 aliphatic rings. The fourth-order valence-corrected chi connectivity index (χ4v) is 5.25. The second kappa shape index (κ2) is 8.25. The molecule has 0 N–H and O–H groups in total. The molecule has 3 unspecified atom stereocenters. The second-order valence-corrected chi connectivity index (χ2v) is 8.57. The Bertz CT molecular complexity index is 545. The first-order valence-electron chi connectivity index (χ1n) is 10.8. The first-order chi connectivity index (χ1) is 13.1. The molecule has 4 rings (SSSR count). The Balaban J connectivity index is 1.25. The first kappa shape index (κ1) is 18.8. The third kappa shape index (κ3) is 4.18.